The molecule has 0 bridgehead atoms. The Kier molecular flexibility index (Phi) is 6.65. The maximum absolute atomic E-state index is 12.5. The molecular formula is C14H28N2O2. The number of rotatable bonds is 7. The Balaban J connectivity index is 2.44. The van der Waals surface area contributed by atoms with Gasteiger partial charge in [-0.1, -0.05) is 19.3 Å². The Morgan fingerprint density at radius 1 is 1.22 bits per heavy atom. The van der Waals surface area contributed by atoms with Crippen LogP contribution in [0.25, 0.3) is 0 Å². The number of carbonyl (C=O) groups excluding carboxylic acids is 1. The van der Waals surface area contributed by atoms with Crippen molar-refractivity contribution in [2.24, 2.45) is 11.1 Å². The van der Waals surface area contributed by atoms with Gasteiger partial charge in [0, 0.05) is 26.7 Å². The minimum atomic E-state index is -0.288. The quantitative estimate of drug-likeness (QED) is 0.679. The van der Waals surface area contributed by atoms with Gasteiger partial charge in [-0.15, -0.1) is 0 Å². The van der Waals surface area contributed by atoms with Gasteiger partial charge in [0.15, 0.2) is 0 Å². The fourth-order valence-electron chi connectivity index (χ4n) is 2.88. The van der Waals surface area contributed by atoms with E-state index in [4.69, 9.17) is 10.8 Å². The van der Waals surface area contributed by atoms with Crippen LogP contribution in [-0.2, 0) is 4.79 Å². The summed E-state index contributed by atoms with van der Waals surface area (Å²) in [5.41, 5.74) is 5.59. The highest BCUT2D eigenvalue weighted by atomic mass is 16.2. The lowest BCUT2D eigenvalue weighted by atomic mass is 9.73. The van der Waals surface area contributed by atoms with Crippen LogP contribution in [0.2, 0.25) is 0 Å². The topological polar surface area (TPSA) is 66.6 Å². The second-order valence-corrected chi connectivity index (χ2v) is 5.56. The molecule has 106 valence electrons. The SMILES string of the molecule is CN(CCCCCO)C(=O)C1(CN)CCCCC1. The molecule has 0 unspecified atom stereocenters. The van der Waals surface area contributed by atoms with Crippen LogP contribution in [0.3, 0.4) is 0 Å². The lowest BCUT2D eigenvalue weighted by Gasteiger charge is -2.37. The van der Waals surface area contributed by atoms with Crippen molar-refractivity contribution < 1.29 is 9.90 Å². The van der Waals surface area contributed by atoms with E-state index in [1.165, 1.54) is 6.42 Å². The summed E-state index contributed by atoms with van der Waals surface area (Å²) in [5, 5.41) is 8.73. The second-order valence-electron chi connectivity index (χ2n) is 5.56. The number of unbranched alkanes of at least 4 members (excludes halogenated alkanes) is 2. The normalized spacial score (nSPS) is 18.6. The number of nitrogens with two attached hydrogens (primary N) is 1. The molecular weight excluding hydrogens is 228 g/mol. The molecule has 1 aliphatic rings. The van der Waals surface area contributed by atoms with E-state index < -0.39 is 0 Å². The van der Waals surface area contributed by atoms with Crippen LogP contribution in [-0.4, -0.2) is 42.7 Å². The van der Waals surface area contributed by atoms with Gasteiger partial charge in [0.2, 0.25) is 5.91 Å². The summed E-state index contributed by atoms with van der Waals surface area (Å²) in [5.74, 6) is 0.230. The van der Waals surface area contributed by atoms with Crippen LogP contribution in [0.1, 0.15) is 51.4 Å². The largest absolute Gasteiger partial charge is 0.396 e. The maximum atomic E-state index is 12.5. The van der Waals surface area contributed by atoms with Crippen molar-refractivity contribution in [3.63, 3.8) is 0 Å². The highest BCUT2D eigenvalue weighted by Crippen LogP contribution is 2.36. The van der Waals surface area contributed by atoms with Crippen molar-refractivity contribution in [1.29, 1.82) is 0 Å². The highest BCUT2D eigenvalue weighted by Gasteiger charge is 2.39. The number of hydrogen-bond donors (Lipinski definition) is 2. The van der Waals surface area contributed by atoms with Gasteiger partial charge >= 0.3 is 0 Å². The van der Waals surface area contributed by atoms with E-state index in [1.54, 1.807) is 0 Å². The highest BCUT2D eigenvalue weighted by molar-refractivity contribution is 5.82. The number of hydrogen-bond acceptors (Lipinski definition) is 3. The van der Waals surface area contributed by atoms with Gasteiger partial charge in [0.1, 0.15) is 0 Å². The molecule has 0 saturated heterocycles. The van der Waals surface area contributed by atoms with Gasteiger partial charge in [-0.05, 0) is 32.1 Å². The molecule has 0 spiro atoms. The summed E-state index contributed by atoms with van der Waals surface area (Å²) in [6, 6.07) is 0. The summed E-state index contributed by atoms with van der Waals surface area (Å²) >= 11 is 0. The van der Waals surface area contributed by atoms with Crippen molar-refractivity contribution in [2.45, 2.75) is 51.4 Å². The minimum absolute atomic E-state index is 0.230. The van der Waals surface area contributed by atoms with Gasteiger partial charge in [0.05, 0.1) is 5.41 Å². The number of nitrogens with zero attached hydrogens (tertiary/aromatic N) is 1. The number of amides is 1. The first-order valence-corrected chi connectivity index (χ1v) is 7.23. The fourth-order valence-corrected chi connectivity index (χ4v) is 2.88. The average Bonchev–Trinajstić information content (AvgIpc) is 2.43. The molecule has 1 amide bonds. The summed E-state index contributed by atoms with van der Waals surface area (Å²) in [4.78, 5) is 14.4. The van der Waals surface area contributed by atoms with E-state index in [1.807, 2.05) is 11.9 Å². The van der Waals surface area contributed by atoms with Gasteiger partial charge < -0.3 is 15.7 Å². The van der Waals surface area contributed by atoms with Crippen LogP contribution in [0.5, 0.6) is 0 Å². The van der Waals surface area contributed by atoms with Crippen LogP contribution < -0.4 is 5.73 Å². The molecule has 0 aromatic carbocycles. The Hall–Kier alpha value is -0.610. The summed E-state index contributed by atoms with van der Waals surface area (Å²) in [6.45, 7) is 1.50. The van der Waals surface area contributed by atoms with E-state index in [2.05, 4.69) is 0 Å². The van der Waals surface area contributed by atoms with Crippen molar-refractivity contribution in [3.8, 4) is 0 Å². The average molecular weight is 256 g/mol. The Labute approximate surface area is 111 Å². The van der Waals surface area contributed by atoms with Crippen molar-refractivity contribution >= 4 is 5.91 Å². The maximum Gasteiger partial charge on any atom is 0.229 e. The Morgan fingerprint density at radius 3 is 2.44 bits per heavy atom. The zero-order valence-corrected chi connectivity index (χ0v) is 11.7. The van der Waals surface area contributed by atoms with Crippen molar-refractivity contribution in [3.05, 3.63) is 0 Å². The molecule has 0 aromatic rings. The van der Waals surface area contributed by atoms with Crippen LogP contribution >= 0.6 is 0 Å². The summed E-state index contributed by atoms with van der Waals surface area (Å²) in [6.07, 6.45) is 8.14. The molecule has 0 heterocycles. The van der Waals surface area contributed by atoms with Crippen LogP contribution in [0.4, 0.5) is 0 Å². The lowest BCUT2D eigenvalue weighted by molar-refractivity contribution is -0.142. The molecule has 0 radical (unpaired) electrons. The van der Waals surface area contributed by atoms with E-state index in [0.29, 0.717) is 6.54 Å². The van der Waals surface area contributed by atoms with Crippen molar-refractivity contribution in [1.82, 2.24) is 4.90 Å². The van der Waals surface area contributed by atoms with Gasteiger partial charge in [-0.2, -0.15) is 0 Å². The third kappa shape index (κ3) is 3.95. The zero-order valence-electron chi connectivity index (χ0n) is 11.7. The molecule has 1 rings (SSSR count). The predicted molar refractivity (Wildman–Crippen MR) is 73.1 cm³/mol. The van der Waals surface area contributed by atoms with Gasteiger partial charge in [0.25, 0.3) is 0 Å². The molecule has 1 saturated carbocycles. The molecule has 0 aromatic heterocycles. The number of aliphatic hydroxyl groups is 1. The second kappa shape index (κ2) is 7.74. The molecule has 18 heavy (non-hydrogen) atoms. The summed E-state index contributed by atoms with van der Waals surface area (Å²) < 4.78 is 0. The monoisotopic (exact) mass is 256 g/mol. The molecule has 1 fully saturated rings. The van der Waals surface area contributed by atoms with E-state index in [0.717, 1.165) is 51.5 Å². The number of aliphatic hydroxyl groups excluding tert-OH is 1. The van der Waals surface area contributed by atoms with Crippen LogP contribution in [0.15, 0.2) is 0 Å². The third-order valence-corrected chi connectivity index (χ3v) is 4.15. The van der Waals surface area contributed by atoms with Crippen LogP contribution in [0, 0.1) is 5.41 Å². The van der Waals surface area contributed by atoms with Gasteiger partial charge in [-0.3, -0.25) is 4.79 Å². The predicted octanol–water partition coefficient (Wildman–Crippen LogP) is 1.52. The summed E-state index contributed by atoms with van der Waals surface area (Å²) in [7, 11) is 1.88. The Morgan fingerprint density at radius 2 is 1.89 bits per heavy atom. The first-order valence-electron chi connectivity index (χ1n) is 7.23. The van der Waals surface area contributed by atoms with E-state index in [9.17, 15) is 4.79 Å². The third-order valence-electron chi connectivity index (χ3n) is 4.15. The van der Waals surface area contributed by atoms with Gasteiger partial charge in [-0.25, -0.2) is 0 Å². The molecule has 4 nitrogen and oxygen atoms in total. The standard InChI is InChI=1S/C14H28N2O2/c1-16(10-6-3-7-11-17)13(18)14(12-15)8-4-2-5-9-14/h17H,2-12,15H2,1H3. The minimum Gasteiger partial charge on any atom is -0.396 e. The smallest absolute Gasteiger partial charge is 0.229 e. The fraction of sp³-hybridized carbons (Fsp3) is 0.929. The van der Waals surface area contributed by atoms with E-state index >= 15 is 0 Å². The Bertz CT molecular complexity index is 250. The molecule has 1 aliphatic carbocycles. The molecule has 0 aliphatic heterocycles. The molecule has 0 atom stereocenters. The molecule has 4 heteroatoms. The zero-order chi connectivity index (χ0) is 13.4. The number of carbonyl (C=O) groups is 1. The van der Waals surface area contributed by atoms with E-state index in [-0.39, 0.29) is 17.9 Å². The molecule has 3 N–H and O–H groups in total. The first-order chi connectivity index (χ1) is 8.66. The van der Waals surface area contributed by atoms with Crippen molar-refractivity contribution in [2.75, 3.05) is 26.7 Å². The lowest BCUT2D eigenvalue weighted by Crippen LogP contribution is -2.48. The first kappa shape index (κ1) is 15.4.